The van der Waals surface area contributed by atoms with E-state index in [4.69, 9.17) is 0 Å². The molecule has 0 saturated carbocycles. The average Bonchev–Trinajstić information content (AvgIpc) is 3.15. The fourth-order valence-corrected chi connectivity index (χ4v) is 2.79. The molecule has 9 heteroatoms. The third-order valence-electron chi connectivity index (χ3n) is 3.90. The van der Waals surface area contributed by atoms with Gasteiger partial charge in [-0.1, -0.05) is 5.21 Å². The summed E-state index contributed by atoms with van der Waals surface area (Å²) in [6.07, 6.45) is 2.22. The van der Waals surface area contributed by atoms with Crippen LogP contribution in [0.3, 0.4) is 0 Å². The molecule has 0 radical (unpaired) electrons. The molecule has 0 bridgehead atoms. The van der Waals surface area contributed by atoms with Crippen LogP contribution < -0.4 is 10.6 Å². The predicted molar refractivity (Wildman–Crippen MR) is 91.3 cm³/mol. The Bertz CT molecular complexity index is 732. The minimum absolute atomic E-state index is 0. The van der Waals surface area contributed by atoms with Gasteiger partial charge in [-0.25, -0.2) is 13.5 Å². The van der Waals surface area contributed by atoms with Crippen molar-refractivity contribution in [2.75, 3.05) is 6.54 Å². The maximum Gasteiger partial charge on any atom is 0.237 e. The molecule has 3 rings (SSSR count). The van der Waals surface area contributed by atoms with Crippen LogP contribution in [0, 0.1) is 11.6 Å². The highest BCUT2D eigenvalue weighted by molar-refractivity contribution is 5.85. The number of rotatable bonds is 4. The predicted octanol–water partition coefficient (Wildman–Crippen LogP) is 2.07. The molecule has 1 fully saturated rings. The summed E-state index contributed by atoms with van der Waals surface area (Å²) < 4.78 is 28.3. The minimum atomic E-state index is -0.660. The summed E-state index contributed by atoms with van der Waals surface area (Å²) in [4.78, 5) is 12.0. The number of nitrogens with one attached hydrogen (secondary N) is 2. The molecule has 2 N–H and O–H groups in total. The highest BCUT2D eigenvalue weighted by Crippen LogP contribution is 2.23. The van der Waals surface area contributed by atoms with Crippen molar-refractivity contribution >= 4 is 18.3 Å². The summed E-state index contributed by atoms with van der Waals surface area (Å²) >= 11 is 0. The second kappa shape index (κ2) is 7.88. The van der Waals surface area contributed by atoms with Gasteiger partial charge in [0.15, 0.2) is 0 Å². The Morgan fingerprint density at radius 2 is 2.00 bits per heavy atom. The normalized spacial score (nSPS) is 19.7. The Kier molecular flexibility index (Phi) is 6.07. The first-order valence-electron chi connectivity index (χ1n) is 7.84. The first-order valence-corrected chi connectivity index (χ1v) is 7.84. The molecule has 0 spiro atoms. The zero-order valence-electron chi connectivity index (χ0n) is 13.9. The van der Waals surface area contributed by atoms with Crippen molar-refractivity contribution in [3.8, 4) is 11.3 Å². The Morgan fingerprint density at radius 1 is 1.32 bits per heavy atom. The van der Waals surface area contributed by atoms with Crippen LogP contribution in [0.15, 0.2) is 24.4 Å². The SMILES string of the molecule is CC(C)NC(=O)[C@@H]1C[C@@H](n2cc(-c3cc(F)cc(F)c3)nn2)CN1.Cl. The Balaban J connectivity index is 0.00000225. The molecule has 1 saturated heterocycles. The van der Waals surface area contributed by atoms with E-state index >= 15 is 0 Å². The van der Waals surface area contributed by atoms with Crippen molar-refractivity contribution in [2.24, 2.45) is 0 Å². The van der Waals surface area contributed by atoms with Crippen molar-refractivity contribution in [3.63, 3.8) is 0 Å². The van der Waals surface area contributed by atoms with Crippen LogP contribution in [-0.2, 0) is 4.79 Å². The lowest BCUT2D eigenvalue weighted by atomic mass is 10.1. The number of aromatic nitrogens is 3. The van der Waals surface area contributed by atoms with Gasteiger partial charge in [0, 0.05) is 24.2 Å². The summed E-state index contributed by atoms with van der Waals surface area (Å²) in [5.74, 6) is -1.36. The van der Waals surface area contributed by atoms with E-state index < -0.39 is 11.6 Å². The number of halogens is 3. The van der Waals surface area contributed by atoms with Gasteiger partial charge in [-0.15, -0.1) is 17.5 Å². The quantitative estimate of drug-likeness (QED) is 0.863. The fraction of sp³-hybridized carbons (Fsp3) is 0.438. The van der Waals surface area contributed by atoms with E-state index in [9.17, 15) is 13.6 Å². The summed E-state index contributed by atoms with van der Waals surface area (Å²) in [6.45, 7) is 4.40. The number of hydrogen-bond donors (Lipinski definition) is 2. The summed E-state index contributed by atoms with van der Waals surface area (Å²) in [6, 6.07) is 3.00. The number of carbonyl (C=O) groups is 1. The minimum Gasteiger partial charge on any atom is -0.353 e. The van der Waals surface area contributed by atoms with E-state index in [0.29, 0.717) is 24.2 Å². The second-order valence-corrected chi connectivity index (χ2v) is 6.26. The maximum atomic E-state index is 13.3. The van der Waals surface area contributed by atoms with Gasteiger partial charge in [0.05, 0.1) is 18.3 Å². The van der Waals surface area contributed by atoms with Crippen molar-refractivity contribution in [3.05, 3.63) is 36.0 Å². The van der Waals surface area contributed by atoms with Gasteiger partial charge in [-0.3, -0.25) is 4.79 Å². The molecule has 2 atom stereocenters. The smallest absolute Gasteiger partial charge is 0.237 e. The molecule has 1 aliphatic heterocycles. The molecule has 25 heavy (non-hydrogen) atoms. The Morgan fingerprint density at radius 3 is 2.64 bits per heavy atom. The molecule has 2 aromatic rings. The zero-order valence-corrected chi connectivity index (χ0v) is 14.7. The zero-order chi connectivity index (χ0) is 17.3. The molecule has 0 unspecified atom stereocenters. The molecule has 1 amide bonds. The van der Waals surface area contributed by atoms with E-state index in [2.05, 4.69) is 20.9 Å². The van der Waals surface area contributed by atoms with Gasteiger partial charge in [-0.05, 0) is 32.4 Å². The molecule has 1 aromatic carbocycles. The lowest BCUT2D eigenvalue weighted by molar-refractivity contribution is -0.123. The standard InChI is InChI=1S/C16H19F2N5O.ClH/c1-9(2)20-16(24)14-6-13(7-19-14)23-8-15(21-22-23)10-3-11(17)5-12(18)4-10;/h3-5,8-9,13-14,19H,6-7H2,1-2H3,(H,20,24);1H/t13-,14+;/m1./s1. The fourth-order valence-electron chi connectivity index (χ4n) is 2.79. The Hall–Kier alpha value is -2.06. The van der Waals surface area contributed by atoms with E-state index in [0.717, 1.165) is 6.07 Å². The molecule has 0 aliphatic carbocycles. The van der Waals surface area contributed by atoms with Crippen LogP contribution in [0.2, 0.25) is 0 Å². The van der Waals surface area contributed by atoms with Crippen LogP contribution >= 0.6 is 12.4 Å². The monoisotopic (exact) mass is 371 g/mol. The van der Waals surface area contributed by atoms with Gasteiger partial charge in [0.25, 0.3) is 0 Å². The lowest BCUT2D eigenvalue weighted by Gasteiger charge is -2.13. The van der Waals surface area contributed by atoms with Crippen LogP contribution in [0.25, 0.3) is 11.3 Å². The third-order valence-corrected chi connectivity index (χ3v) is 3.90. The van der Waals surface area contributed by atoms with Crippen molar-refractivity contribution < 1.29 is 13.6 Å². The van der Waals surface area contributed by atoms with Gasteiger partial charge in [0.1, 0.15) is 17.3 Å². The topological polar surface area (TPSA) is 71.8 Å². The van der Waals surface area contributed by atoms with Gasteiger partial charge < -0.3 is 10.6 Å². The van der Waals surface area contributed by atoms with Gasteiger partial charge in [-0.2, -0.15) is 0 Å². The average molecular weight is 372 g/mol. The van der Waals surface area contributed by atoms with E-state index in [1.165, 1.54) is 12.1 Å². The molecule has 2 heterocycles. The van der Waals surface area contributed by atoms with Crippen molar-refractivity contribution in [1.29, 1.82) is 0 Å². The first kappa shape index (κ1) is 19.3. The summed E-state index contributed by atoms with van der Waals surface area (Å²) in [5, 5.41) is 14.0. The van der Waals surface area contributed by atoms with Gasteiger partial charge in [0.2, 0.25) is 5.91 Å². The Labute approximate surface area is 150 Å². The van der Waals surface area contributed by atoms with E-state index in [1.54, 1.807) is 10.9 Å². The van der Waals surface area contributed by atoms with Crippen LogP contribution in [0.1, 0.15) is 26.3 Å². The largest absolute Gasteiger partial charge is 0.353 e. The number of carbonyl (C=O) groups excluding carboxylic acids is 1. The van der Waals surface area contributed by atoms with Crippen molar-refractivity contribution in [2.45, 2.75) is 38.4 Å². The molecule has 6 nitrogen and oxygen atoms in total. The van der Waals surface area contributed by atoms with Crippen LogP contribution in [-0.4, -0.2) is 39.5 Å². The second-order valence-electron chi connectivity index (χ2n) is 6.26. The molecule has 1 aliphatic rings. The third kappa shape index (κ3) is 4.52. The van der Waals surface area contributed by atoms with Gasteiger partial charge >= 0.3 is 0 Å². The molecular weight excluding hydrogens is 352 g/mol. The number of hydrogen-bond acceptors (Lipinski definition) is 4. The maximum absolute atomic E-state index is 13.3. The highest BCUT2D eigenvalue weighted by Gasteiger charge is 2.31. The van der Waals surface area contributed by atoms with Crippen LogP contribution in [0.4, 0.5) is 8.78 Å². The summed E-state index contributed by atoms with van der Waals surface area (Å²) in [7, 11) is 0. The highest BCUT2D eigenvalue weighted by atomic mass is 35.5. The molecule has 136 valence electrons. The van der Waals surface area contributed by atoms with Crippen molar-refractivity contribution in [1.82, 2.24) is 25.6 Å². The van der Waals surface area contributed by atoms with Crippen LogP contribution in [0.5, 0.6) is 0 Å². The number of nitrogens with zero attached hydrogens (tertiary/aromatic N) is 3. The molecule has 1 aromatic heterocycles. The van der Waals surface area contributed by atoms with E-state index in [-0.39, 0.29) is 36.4 Å². The molecular formula is C16H20ClF2N5O. The number of benzene rings is 1. The lowest BCUT2D eigenvalue weighted by Crippen LogP contribution is -2.43. The first-order chi connectivity index (χ1) is 11.4. The number of amides is 1. The van der Waals surface area contributed by atoms with E-state index in [1.807, 2.05) is 13.8 Å². The summed E-state index contributed by atoms with van der Waals surface area (Å²) in [5.41, 5.74) is 0.724.